The fourth-order valence-electron chi connectivity index (χ4n) is 2.73. The Morgan fingerprint density at radius 3 is 2.30 bits per heavy atom. The lowest BCUT2D eigenvalue weighted by Crippen LogP contribution is -2.49. The number of hydrogen-bond donors (Lipinski definition) is 0. The van der Waals surface area contributed by atoms with Crippen LogP contribution >= 0.6 is 0 Å². The predicted molar refractivity (Wildman–Crippen MR) is 106 cm³/mol. The van der Waals surface area contributed by atoms with Crippen molar-refractivity contribution < 1.29 is 13.2 Å². The van der Waals surface area contributed by atoms with E-state index in [1.54, 1.807) is 35.5 Å². The molecule has 0 saturated carbocycles. The summed E-state index contributed by atoms with van der Waals surface area (Å²) in [5.74, 6) is -0.129. The smallest absolute Gasteiger partial charge is 0.246 e. The molecule has 2 aromatic rings. The summed E-state index contributed by atoms with van der Waals surface area (Å²) in [4.78, 5) is 17.9. The minimum atomic E-state index is -3.50. The number of rotatable bonds is 5. The molecule has 0 unspecified atom stereocenters. The second-order valence-electron chi connectivity index (χ2n) is 6.10. The highest BCUT2D eigenvalue weighted by atomic mass is 32.2. The fraction of sp³-hybridized carbons (Fsp3) is 0.200. The van der Waals surface area contributed by atoms with E-state index in [2.05, 4.69) is 4.98 Å². The number of sulfonamides is 1. The van der Waals surface area contributed by atoms with Crippen LogP contribution < -0.4 is 0 Å². The number of amides is 1. The molecule has 6 nitrogen and oxygen atoms in total. The van der Waals surface area contributed by atoms with Crippen molar-refractivity contribution in [1.82, 2.24) is 14.2 Å². The summed E-state index contributed by atoms with van der Waals surface area (Å²) in [5.41, 5.74) is 1.67. The van der Waals surface area contributed by atoms with E-state index in [-0.39, 0.29) is 19.0 Å². The quantitative estimate of drug-likeness (QED) is 0.743. The summed E-state index contributed by atoms with van der Waals surface area (Å²) < 4.78 is 26.3. The van der Waals surface area contributed by atoms with E-state index in [4.69, 9.17) is 0 Å². The average molecular weight is 383 g/mol. The number of aromatic nitrogens is 1. The number of piperazine rings is 1. The van der Waals surface area contributed by atoms with Crippen LogP contribution in [0.1, 0.15) is 11.1 Å². The summed E-state index contributed by atoms with van der Waals surface area (Å²) in [6.07, 6.45) is 8.14. The van der Waals surface area contributed by atoms with Gasteiger partial charge in [-0.05, 0) is 29.3 Å². The molecule has 7 heteroatoms. The SMILES string of the molecule is O=C(/C=C/c1cccnc1)N1CCN(S(=O)(=O)/C=C/c2ccccc2)CC1. The molecule has 1 amide bonds. The molecular weight excluding hydrogens is 362 g/mol. The normalized spacial score (nSPS) is 16.2. The molecule has 1 aromatic carbocycles. The lowest BCUT2D eigenvalue weighted by Gasteiger charge is -2.32. The number of carbonyl (C=O) groups is 1. The van der Waals surface area contributed by atoms with Gasteiger partial charge in [0.2, 0.25) is 15.9 Å². The molecule has 0 spiro atoms. The van der Waals surface area contributed by atoms with Gasteiger partial charge in [0.25, 0.3) is 0 Å². The Kier molecular flexibility index (Phi) is 6.16. The van der Waals surface area contributed by atoms with E-state index < -0.39 is 10.0 Å². The fourth-order valence-corrected chi connectivity index (χ4v) is 3.90. The van der Waals surface area contributed by atoms with Crippen LogP contribution in [0.2, 0.25) is 0 Å². The van der Waals surface area contributed by atoms with Crippen LogP contribution in [0.4, 0.5) is 0 Å². The van der Waals surface area contributed by atoms with Crippen LogP contribution in [0, 0.1) is 0 Å². The van der Waals surface area contributed by atoms with Crippen molar-refractivity contribution in [1.29, 1.82) is 0 Å². The largest absolute Gasteiger partial charge is 0.337 e. The van der Waals surface area contributed by atoms with Crippen molar-refractivity contribution in [3.63, 3.8) is 0 Å². The van der Waals surface area contributed by atoms with E-state index in [0.717, 1.165) is 11.1 Å². The van der Waals surface area contributed by atoms with Crippen LogP contribution in [0.5, 0.6) is 0 Å². The molecular formula is C20H21N3O3S. The maximum absolute atomic E-state index is 12.5. The van der Waals surface area contributed by atoms with E-state index in [0.29, 0.717) is 13.1 Å². The third kappa shape index (κ3) is 5.35. The minimum Gasteiger partial charge on any atom is -0.337 e. The molecule has 1 fully saturated rings. The Morgan fingerprint density at radius 2 is 1.63 bits per heavy atom. The van der Waals surface area contributed by atoms with Gasteiger partial charge in [-0.3, -0.25) is 9.78 Å². The molecule has 1 saturated heterocycles. The summed E-state index contributed by atoms with van der Waals surface area (Å²) in [5, 5.41) is 1.22. The molecule has 140 valence electrons. The first kappa shape index (κ1) is 19.0. The van der Waals surface area contributed by atoms with Crippen molar-refractivity contribution in [3.8, 4) is 0 Å². The molecule has 3 rings (SSSR count). The lowest BCUT2D eigenvalue weighted by atomic mass is 10.2. The number of benzene rings is 1. The van der Waals surface area contributed by atoms with E-state index in [1.807, 2.05) is 36.4 Å². The maximum Gasteiger partial charge on any atom is 0.246 e. The average Bonchev–Trinajstić information content (AvgIpc) is 2.72. The van der Waals surface area contributed by atoms with Gasteiger partial charge >= 0.3 is 0 Å². The molecule has 0 radical (unpaired) electrons. The van der Waals surface area contributed by atoms with Crippen molar-refractivity contribution in [2.24, 2.45) is 0 Å². The zero-order valence-corrected chi connectivity index (χ0v) is 15.6. The van der Waals surface area contributed by atoms with Gasteiger partial charge in [-0.1, -0.05) is 36.4 Å². The van der Waals surface area contributed by atoms with E-state index in [9.17, 15) is 13.2 Å². The first-order chi connectivity index (χ1) is 13.0. The van der Waals surface area contributed by atoms with Crippen LogP contribution in [0.25, 0.3) is 12.2 Å². The third-order valence-corrected chi connectivity index (χ3v) is 5.81. The van der Waals surface area contributed by atoms with E-state index in [1.165, 1.54) is 15.8 Å². The van der Waals surface area contributed by atoms with Crippen molar-refractivity contribution in [2.75, 3.05) is 26.2 Å². The lowest BCUT2D eigenvalue weighted by molar-refractivity contribution is -0.127. The molecule has 1 aliphatic rings. The van der Waals surface area contributed by atoms with Crippen molar-refractivity contribution >= 4 is 28.1 Å². The molecule has 1 aromatic heterocycles. The molecule has 2 heterocycles. The molecule has 27 heavy (non-hydrogen) atoms. The number of pyridine rings is 1. The van der Waals surface area contributed by atoms with Gasteiger partial charge in [0.15, 0.2) is 0 Å². The molecule has 1 aliphatic heterocycles. The van der Waals surface area contributed by atoms with Crippen LogP contribution in [-0.4, -0.2) is 54.7 Å². The molecule has 0 N–H and O–H groups in total. The van der Waals surface area contributed by atoms with Gasteiger partial charge in [0, 0.05) is 50.1 Å². The summed E-state index contributed by atoms with van der Waals surface area (Å²) in [6, 6.07) is 12.9. The van der Waals surface area contributed by atoms with Gasteiger partial charge in [-0.15, -0.1) is 0 Å². The standard InChI is InChI=1S/C20H21N3O3S/c24-20(9-8-19-7-4-11-21-17-19)22-12-14-23(15-13-22)27(25,26)16-10-18-5-2-1-3-6-18/h1-11,16-17H,12-15H2/b9-8+,16-10+. The zero-order chi connectivity index (χ0) is 19.1. The highest BCUT2D eigenvalue weighted by Crippen LogP contribution is 2.12. The zero-order valence-electron chi connectivity index (χ0n) is 14.8. The Bertz CT molecular complexity index is 917. The van der Waals surface area contributed by atoms with Gasteiger partial charge < -0.3 is 4.90 Å². The Labute approximate surface area is 159 Å². The number of nitrogens with zero attached hydrogens (tertiary/aromatic N) is 3. The van der Waals surface area contributed by atoms with Crippen LogP contribution in [0.3, 0.4) is 0 Å². The molecule has 0 bridgehead atoms. The maximum atomic E-state index is 12.5. The monoisotopic (exact) mass is 383 g/mol. The Balaban J connectivity index is 1.55. The number of hydrogen-bond acceptors (Lipinski definition) is 4. The molecule has 0 atom stereocenters. The summed E-state index contributed by atoms with van der Waals surface area (Å²) in [7, 11) is -3.50. The van der Waals surface area contributed by atoms with Gasteiger partial charge in [-0.2, -0.15) is 4.31 Å². The first-order valence-electron chi connectivity index (χ1n) is 8.65. The summed E-state index contributed by atoms with van der Waals surface area (Å²) in [6.45, 7) is 1.31. The topological polar surface area (TPSA) is 70.6 Å². The van der Waals surface area contributed by atoms with Gasteiger partial charge in [0.05, 0.1) is 0 Å². The first-order valence-corrected chi connectivity index (χ1v) is 10.2. The van der Waals surface area contributed by atoms with Crippen LogP contribution in [-0.2, 0) is 14.8 Å². The van der Waals surface area contributed by atoms with Gasteiger partial charge in [-0.25, -0.2) is 8.42 Å². The highest BCUT2D eigenvalue weighted by Gasteiger charge is 2.26. The minimum absolute atomic E-state index is 0.129. The Morgan fingerprint density at radius 1 is 0.926 bits per heavy atom. The van der Waals surface area contributed by atoms with Crippen molar-refractivity contribution in [2.45, 2.75) is 0 Å². The summed E-state index contributed by atoms with van der Waals surface area (Å²) >= 11 is 0. The second-order valence-corrected chi connectivity index (χ2v) is 7.92. The Hall–Kier alpha value is -2.77. The predicted octanol–water partition coefficient (Wildman–Crippen LogP) is 2.24. The third-order valence-electron chi connectivity index (χ3n) is 4.25. The number of carbonyl (C=O) groups excluding carboxylic acids is 1. The van der Waals surface area contributed by atoms with E-state index >= 15 is 0 Å². The second kappa shape index (κ2) is 8.75. The van der Waals surface area contributed by atoms with Crippen LogP contribution in [0.15, 0.2) is 66.3 Å². The van der Waals surface area contributed by atoms with Crippen molar-refractivity contribution in [3.05, 3.63) is 77.5 Å². The molecule has 0 aliphatic carbocycles. The van der Waals surface area contributed by atoms with Gasteiger partial charge in [0.1, 0.15) is 0 Å². The highest BCUT2D eigenvalue weighted by molar-refractivity contribution is 7.92.